The molecule has 0 bridgehead atoms. The van der Waals surface area contributed by atoms with Gasteiger partial charge in [-0.1, -0.05) is 60.1 Å². The van der Waals surface area contributed by atoms with Crippen molar-refractivity contribution in [2.45, 2.75) is 19.0 Å². The van der Waals surface area contributed by atoms with Crippen LogP contribution in [0.1, 0.15) is 33.9 Å². The predicted octanol–water partition coefficient (Wildman–Crippen LogP) is 5.14. The first-order valence-electron chi connectivity index (χ1n) is 9.63. The van der Waals surface area contributed by atoms with Crippen LogP contribution in [0.5, 0.6) is 0 Å². The Labute approximate surface area is 184 Å². The summed E-state index contributed by atoms with van der Waals surface area (Å²) in [5.41, 5.74) is 1.26. The summed E-state index contributed by atoms with van der Waals surface area (Å²) in [7, 11) is 1.53. The summed E-state index contributed by atoms with van der Waals surface area (Å²) < 4.78 is 27.1. The van der Waals surface area contributed by atoms with Crippen LogP contribution < -0.4 is 5.32 Å². The second-order valence-corrected chi connectivity index (χ2v) is 7.51. The highest BCUT2D eigenvalue weighted by Gasteiger charge is 2.22. The Bertz CT molecular complexity index is 1080. The van der Waals surface area contributed by atoms with Crippen LogP contribution in [0.4, 0.5) is 8.78 Å². The molecule has 0 aliphatic rings. The third kappa shape index (κ3) is 5.89. The third-order valence-electron chi connectivity index (χ3n) is 4.85. The molecular weight excluding hydrogens is 422 g/mol. The zero-order valence-corrected chi connectivity index (χ0v) is 17.6. The van der Waals surface area contributed by atoms with E-state index in [0.29, 0.717) is 10.6 Å². The van der Waals surface area contributed by atoms with Gasteiger partial charge < -0.3 is 10.2 Å². The molecule has 2 amide bonds. The fourth-order valence-electron chi connectivity index (χ4n) is 3.14. The topological polar surface area (TPSA) is 49.4 Å². The summed E-state index contributed by atoms with van der Waals surface area (Å²) in [6.45, 7) is -0.0229. The SMILES string of the molecule is CN(Cc1ccc(F)cc1F)C(=O)CC(NC(=O)c1ccccc1Cl)c1ccccc1. The number of halogens is 3. The normalized spacial score (nSPS) is 11.6. The number of benzene rings is 3. The van der Waals surface area contributed by atoms with E-state index in [1.54, 1.807) is 24.3 Å². The molecule has 3 rings (SSSR count). The lowest BCUT2D eigenvalue weighted by atomic mass is 10.0. The lowest BCUT2D eigenvalue weighted by molar-refractivity contribution is -0.131. The summed E-state index contributed by atoms with van der Waals surface area (Å²) in [4.78, 5) is 27.0. The van der Waals surface area contributed by atoms with Gasteiger partial charge in [0.25, 0.3) is 5.91 Å². The van der Waals surface area contributed by atoms with Gasteiger partial charge in [0, 0.05) is 25.2 Å². The number of hydrogen-bond donors (Lipinski definition) is 1. The molecular formula is C24H21ClF2N2O2. The zero-order chi connectivity index (χ0) is 22.4. The van der Waals surface area contributed by atoms with Crippen molar-refractivity contribution in [1.82, 2.24) is 10.2 Å². The quantitative estimate of drug-likeness (QED) is 0.551. The van der Waals surface area contributed by atoms with Gasteiger partial charge in [-0.2, -0.15) is 0 Å². The van der Waals surface area contributed by atoms with Crippen LogP contribution in [0.25, 0.3) is 0 Å². The molecule has 0 spiro atoms. The molecule has 4 nitrogen and oxygen atoms in total. The molecule has 7 heteroatoms. The number of carbonyl (C=O) groups is 2. The lowest BCUT2D eigenvalue weighted by Crippen LogP contribution is -2.34. The molecule has 0 saturated carbocycles. The Balaban J connectivity index is 1.76. The molecule has 0 aliphatic heterocycles. The summed E-state index contributed by atoms with van der Waals surface area (Å²) in [5, 5.41) is 3.17. The van der Waals surface area contributed by atoms with E-state index in [1.165, 1.54) is 18.0 Å². The molecule has 0 heterocycles. The number of carbonyl (C=O) groups excluding carboxylic acids is 2. The van der Waals surface area contributed by atoms with Gasteiger partial charge >= 0.3 is 0 Å². The number of nitrogens with zero attached hydrogens (tertiary/aromatic N) is 1. The number of nitrogens with one attached hydrogen (secondary N) is 1. The zero-order valence-electron chi connectivity index (χ0n) is 16.8. The molecule has 0 aromatic heterocycles. The van der Waals surface area contributed by atoms with E-state index in [0.717, 1.165) is 17.7 Å². The number of amides is 2. The first kappa shape index (κ1) is 22.4. The lowest BCUT2D eigenvalue weighted by Gasteiger charge is -2.23. The van der Waals surface area contributed by atoms with Gasteiger partial charge in [0.15, 0.2) is 0 Å². The Morgan fingerprint density at radius 3 is 2.35 bits per heavy atom. The monoisotopic (exact) mass is 442 g/mol. The van der Waals surface area contributed by atoms with Gasteiger partial charge in [-0.05, 0) is 23.8 Å². The van der Waals surface area contributed by atoms with E-state index in [-0.39, 0.29) is 24.4 Å². The van der Waals surface area contributed by atoms with E-state index in [1.807, 2.05) is 30.3 Å². The highest BCUT2D eigenvalue weighted by Crippen LogP contribution is 2.22. The average molecular weight is 443 g/mol. The molecule has 0 saturated heterocycles. The van der Waals surface area contributed by atoms with E-state index in [4.69, 9.17) is 11.6 Å². The highest BCUT2D eigenvalue weighted by atomic mass is 35.5. The van der Waals surface area contributed by atoms with Crippen LogP contribution in [0.3, 0.4) is 0 Å². The fraction of sp³-hybridized carbons (Fsp3) is 0.167. The van der Waals surface area contributed by atoms with E-state index in [2.05, 4.69) is 5.32 Å². The molecule has 31 heavy (non-hydrogen) atoms. The maximum Gasteiger partial charge on any atom is 0.253 e. The Morgan fingerprint density at radius 2 is 1.68 bits per heavy atom. The van der Waals surface area contributed by atoms with Crippen molar-refractivity contribution >= 4 is 23.4 Å². The largest absolute Gasteiger partial charge is 0.345 e. The van der Waals surface area contributed by atoms with Crippen LogP contribution >= 0.6 is 11.6 Å². The first-order chi connectivity index (χ1) is 14.8. The number of rotatable bonds is 7. The molecule has 3 aromatic carbocycles. The van der Waals surface area contributed by atoms with Crippen molar-refractivity contribution < 1.29 is 18.4 Å². The van der Waals surface area contributed by atoms with Gasteiger partial charge in [0.05, 0.1) is 23.0 Å². The molecule has 0 fully saturated rings. The Hall–Kier alpha value is -3.25. The van der Waals surface area contributed by atoms with Crippen LogP contribution in [0.2, 0.25) is 5.02 Å². The smallest absolute Gasteiger partial charge is 0.253 e. The third-order valence-corrected chi connectivity index (χ3v) is 5.18. The van der Waals surface area contributed by atoms with Crippen LogP contribution in [0, 0.1) is 11.6 Å². The summed E-state index contributed by atoms with van der Waals surface area (Å²) in [6, 6.07) is 18.3. The minimum Gasteiger partial charge on any atom is -0.345 e. The Kier molecular flexibility index (Phi) is 7.36. The maximum atomic E-state index is 14.0. The van der Waals surface area contributed by atoms with Crippen molar-refractivity contribution in [3.8, 4) is 0 Å². The fourth-order valence-corrected chi connectivity index (χ4v) is 3.36. The molecule has 1 N–H and O–H groups in total. The van der Waals surface area contributed by atoms with Gasteiger partial charge in [-0.15, -0.1) is 0 Å². The minimum atomic E-state index is -0.716. The summed E-state index contributed by atoms with van der Waals surface area (Å²) >= 11 is 6.12. The van der Waals surface area contributed by atoms with Crippen LogP contribution in [-0.2, 0) is 11.3 Å². The van der Waals surface area contributed by atoms with Crippen molar-refractivity contribution in [3.63, 3.8) is 0 Å². The Morgan fingerprint density at radius 1 is 1.00 bits per heavy atom. The second-order valence-electron chi connectivity index (χ2n) is 7.11. The van der Waals surface area contributed by atoms with E-state index < -0.39 is 23.6 Å². The molecule has 0 radical (unpaired) electrons. The molecule has 1 atom stereocenters. The minimum absolute atomic E-state index is 0.0229. The maximum absolute atomic E-state index is 14.0. The van der Waals surface area contributed by atoms with E-state index in [9.17, 15) is 18.4 Å². The van der Waals surface area contributed by atoms with Crippen molar-refractivity contribution in [1.29, 1.82) is 0 Å². The number of hydrogen-bond acceptors (Lipinski definition) is 2. The van der Waals surface area contributed by atoms with Crippen molar-refractivity contribution in [2.75, 3.05) is 7.05 Å². The van der Waals surface area contributed by atoms with E-state index >= 15 is 0 Å². The average Bonchev–Trinajstić information content (AvgIpc) is 2.76. The van der Waals surface area contributed by atoms with Crippen LogP contribution in [0.15, 0.2) is 72.8 Å². The van der Waals surface area contributed by atoms with Crippen molar-refractivity contribution in [2.24, 2.45) is 0 Å². The molecule has 3 aromatic rings. The van der Waals surface area contributed by atoms with Crippen LogP contribution in [-0.4, -0.2) is 23.8 Å². The predicted molar refractivity (Wildman–Crippen MR) is 116 cm³/mol. The summed E-state index contributed by atoms with van der Waals surface area (Å²) in [6.07, 6.45) is -0.0421. The second kappa shape index (κ2) is 10.2. The standard InChI is InChI=1S/C24H21ClF2N2O2/c1-29(15-17-11-12-18(26)13-21(17)27)23(30)14-22(16-7-3-2-4-8-16)28-24(31)19-9-5-6-10-20(19)25/h2-13,22H,14-15H2,1H3,(H,28,31). The van der Waals surface area contributed by atoms with Gasteiger partial charge in [-0.3, -0.25) is 9.59 Å². The first-order valence-corrected chi connectivity index (χ1v) is 10.0. The van der Waals surface area contributed by atoms with Gasteiger partial charge in [0.1, 0.15) is 11.6 Å². The summed E-state index contributed by atoms with van der Waals surface area (Å²) in [5.74, 6) is -2.11. The molecule has 1 unspecified atom stereocenters. The molecule has 0 aliphatic carbocycles. The van der Waals surface area contributed by atoms with Gasteiger partial charge in [0.2, 0.25) is 5.91 Å². The molecule has 160 valence electrons. The van der Waals surface area contributed by atoms with Gasteiger partial charge in [-0.25, -0.2) is 8.78 Å². The highest BCUT2D eigenvalue weighted by molar-refractivity contribution is 6.33. The van der Waals surface area contributed by atoms with Crippen molar-refractivity contribution in [3.05, 3.63) is 106 Å².